The van der Waals surface area contributed by atoms with Gasteiger partial charge < -0.3 is 11.1 Å². The van der Waals surface area contributed by atoms with E-state index in [-0.39, 0.29) is 17.8 Å². The highest BCUT2D eigenvalue weighted by atomic mass is 19.1. The number of alkyl halides is 1. The maximum Gasteiger partial charge on any atom is 0.228 e. The fourth-order valence-electron chi connectivity index (χ4n) is 2.97. The van der Waals surface area contributed by atoms with Crippen LogP contribution in [0.15, 0.2) is 18.2 Å². The number of fused-ring (bicyclic) bond motifs is 1. The minimum absolute atomic E-state index is 0.0344. The molecule has 0 radical (unpaired) electrons. The number of nitrogens with zero attached hydrogens (tertiary/aromatic N) is 3. The van der Waals surface area contributed by atoms with E-state index in [4.69, 9.17) is 5.73 Å². The predicted molar refractivity (Wildman–Crippen MR) is 84.2 cm³/mol. The van der Waals surface area contributed by atoms with Gasteiger partial charge in [-0.3, -0.25) is 0 Å². The second-order valence-electron chi connectivity index (χ2n) is 6.00. The Balaban J connectivity index is 1.92. The summed E-state index contributed by atoms with van der Waals surface area (Å²) < 4.78 is 13.4. The summed E-state index contributed by atoms with van der Waals surface area (Å²) in [6, 6.07) is 6.57. The van der Waals surface area contributed by atoms with Gasteiger partial charge in [0, 0.05) is 0 Å². The summed E-state index contributed by atoms with van der Waals surface area (Å²) in [4.78, 5) is 12.1. The molecule has 0 unspecified atom stereocenters. The van der Waals surface area contributed by atoms with Crippen molar-refractivity contribution in [1.82, 2.24) is 15.0 Å². The lowest BCUT2D eigenvalue weighted by atomic mass is 10.0. The number of aromatic nitrogens is 3. The van der Waals surface area contributed by atoms with Crippen LogP contribution in [0.4, 0.5) is 16.3 Å². The van der Waals surface area contributed by atoms with E-state index in [1.165, 1.54) is 23.6 Å². The molecule has 2 aromatic rings. The fourth-order valence-corrected chi connectivity index (χ4v) is 2.97. The molecular formula is C16H20FN5. The maximum absolute atomic E-state index is 13.4. The Morgan fingerprint density at radius 2 is 2.09 bits per heavy atom. The van der Waals surface area contributed by atoms with Crippen LogP contribution in [0.1, 0.15) is 48.6 Å². The lowest BCUT2D eigenvalue weighted by Crippen LogP contribution is -2.18. The van der Waals surface area contributed by atoms with Crippen molar-refractivity contribution in [2.24, 2.45) is 5.92 Å². The zero-order valence-corrected chi connectivity index (χ0v) is 13.0. The molecule has 0 saturated carbocycles. The number of nitrogens with two attached hydrogens (primary N) is 1. The van der Waals surface area contributed by atoms with Gasteiger partial charge in [-0.25, -0.2) is 4.39 Å². The number of benzene rings is 1. The number of nitrogens with one attached hydrogen (secondary N) is 1. The van der Waals surface area contributed by atoms with Gasteiger partial charge in [0.15, 0.2) is 12.0 Å². The summed E-state index contributed by atoms with van der Waals surface area (Å²) in [7, 11) is 0. The first-order valence-corrected chi connectivity index (χ1v) is 7.45. The SMILES string of the molecule is Cc1ccc2c(c1)[C@@H](Nc1nc(N)nc([C@H](C)F)n1)[C@@H](C)C2. The molecule has 0 aliphatic heterocycles. The van der Waals surface area contributed by atoms with E-state index >= 15 is 0 Å². The highest BCUT2D eigenvalue weighted by Gasteiger charge is 2.30. The third-order valence-electron chi connectivity index (χ3n) is 4.06. The van der Waals surface area contributed by atoms with Crippen molar-refractivity contribution in [3.8, 4) is 0 Å². The van der Waals surface area contributed by atoms with Crippen molar-refractivity contribution >= 4 is 11.9 Å². The maximum atomic E-state index is 13.4. The smallest absolute Gasteiger partial charge is 0.228 e. The molecular weight excluding hydrogens is 281 g/mol. The largest absolute Gasteiger partial charge is 0.368 e. The van der Waals surface area contributed by atoms with Gasteiger partial charge in [-0.05, 0) is 37.3 Å². The lowest BCUT2D eigenvalue weighted by Gasteiger charge is -2.19. The number of nitrogen functional groups attached to an aromatic ring is 1. The van der Waals surface area contributed by atoms with Crippen molar-refractivity contribution in [2.75, 3.05) is 11.1 Å². The number of hydrogen-bond acceptors (Lipinski definition) is 5. The minimum atomic E-state index is -1.28. The Labute approximate surface area is 129 Å². The van der Waals surface area contributed by atoms with Crippen LogP contribution in [0.25, 0.3) is 0 Å². The summed E-state index contributed by atoms with van der Waals surface area (Å²) in [5, 5.41) is 3.30. The van der Waals surface area contributed by atoms with Gasteiger partial charge in [-0.2, -0.15) is 15.0 Å². The van der Waals surface area contributed by atoms with Crippen LogP contribution in [0.3, 0.4) is 0 Å². The molecule has 3 N–H and O–H groups in total. The highest BCUT2D eigenvalue weighted by molar-refractivity contribution is 5.44. The van der Waals surface area contributed by atoms with Crippen LogP contribution < -0.4 is 11.1 Å². The molecule has 1 aromatic carbocycles. The molecule has 1 aliphatic rings. The first-order chi connectivity index (χ1) is 10.4. The minimum Gasteiger partial charge on any atom is -0.368 e. The van der Waals surface area contributed by atoms with E-state index in [9.17, 15) is 4.39 Å². The number of aryl methyl sites for hydroxylation is 1. The van der Waals surface area contributed by atoms with Crippen LogP contribution >= 0.6 is 0 Å². The Hall–Kier alpha value is -2.24. The van der Waals surface area contributed by atoms with Gasteiger partial charge >= 0.3 is 0 Å². The summed E-state index contributed by atoms with van der Waals surface area (Å²) in [5.41, 5.74) is 9.45. The molecule has 3 rings (SSSR count). The van der Waals surface area contributed by atoms with Gasteiger partial charge in [0.05, 0.1) is 6.04 Å². The molecule has 1 aromatic heterocycles. The molecule has 116 valence electrons. The normalized spacial score (nSPS) is 21.5. The van der Waals surface area contributed by atoms with Crippen molar-refractivity contribution in [2.45, 2.75) is 39.4 Å². The van der Waals surface area contributed by atoms with Gasteiger partial charge in [0.1, 0.15) is 0 Å². The monoisotopic (exact) mass is 301 g/mol. The third-order valence-corrected chi connectivity index (χ3v) is 4.06. The summed E-state index contributed by atoms with van der Waals surface area (Å²) in [6.45, 7) is 5.63. The Morgan fingerprint density at radius 3 is 2.82 bits per heavy atom. The summed E-state index contributed by atoms with van der Waals surface area (Å²) in [6.07, 6.45) is -0.276. The molecule has 0 fully saturated rings. The van der Waals surface area contributed by atoms with Crippen molar-refractivity contribution < 1.29 is 4.39 Å². The number of rotatable bonds is 3. The van der Waals surface area contributed by atoms with Crippen LogP contribution in [0, 0.1) is 12.8 Å². The summed E-state index contributed by atoms with van der Waals surface area (Å²) >= 11 is 0. The van der Waals surface area contributed by atoms with Crippen molar-refractivity contribution in [3.05, 3.63) is 40.7 Å². The molecule has 0 amide bonds. The van der Waals surface area contributed by atoms with E-state index in [0.29, 0.717) is 11.9 Å². The Morgan fingerprint density at radius 1 is 1.32 bits per heavy atom. The van der Waals surface area contributed by atoms with Gasteiger partial charge in [-0.15, -0.1) is 0 Å². The van der Waals surface area contributed by atoms with Gasteiger partial charge in [0.25, 0.3) is 0 Å². The Bertz CT molecular complexity index is 701. The van der Waals surface area contributed by atoms with E-state index in [1.54, 1.807) is 0 Å². The van der Waals surface area contributed by atoms with Crippen LogP contribution in [0.5, 0.6) is 0 Å². The molecule has 6 heteroatoms. The van der Waals surface area contributed by atoms with Crippen molar-refractivity contribution in [3.63, 3.8) is 0 Å². The van der Waals surface area contributed by atoms with Crippen molar-refractivity contribution in [1.29, 1.82) is 0 Å². The van der Waals surface area contributed by atoms with E-state index in [1.807, 2.05) is 0 Å². The zero-order chi connectivity index (χ0) is 15.9. The molecule has 5 nitrogen and oxygen atoms in total. The lowest BCUT2D eigenvalue weighted by molar-refractivity contribution is 0.356. The highest BCUT2D eigenvalue weighted by Crippen LogP contribution is 2.38. The topological polar surface area (TPSA) is 76.7 Å². The number of anilines is 2. The fraction of sp³-hybridized carbons (Fsp3) is 0.438. The Kier molecular flexibility index (Phi) is 3.68. The zero-order valence-electron chi connectivity index (χ0n) is 13.0. The van der Waals surface area contributed by atoms with E-state index in [2.05, 4.69) is 52.3 Å². The molecule has 0 saturated heterocycles. The first kappa shape index (κ1) is 14.7. The van der Waals surface area contributed by atoms with Crippen LogP contribution in [0.2, 0.25) is 0 Å². The second-order valence-corrected chi connectivity index (χ2v) is 6.00. The third kappa shape index (κ3) is 2.73. The average molecular weight is 301 g/mol. The number of hydrogen-bond donors (Lipinski definition) is 2. The van der Waals surface area contributed by atoms with E-state index in [0.717, 1.165) is 6.42 Å². The van der Waals surface area contributed by atoms with Crippen LogP contribution in [-0.4, -0.2) is 15.0 Å². The number of halogens is 1. The molecule has 3 atom stereocenters. The summed E-state index contributed by atoms with van der Waals surface area (Å²) in [5.74, 6) is 0.830. The second kappa shape index (κ2) is 5.51. The van der Waals surface area contributed by atoms with Gasteiger partial charge in [0.2, 0.25) is 11.9 Å². The van der Waals surface area contributed by atoms with Crippen LogP contribution in [-0.2, 0) is 6.42 Å². The standard InChI is InChI=1S/C16H20FN5/c1-8-4-5-11-7-9(2)13(12(11)6-8)19-16-21-14(10(3)17)20-15(18)22-16/h4-6,9-10,13H,7H2,1-3H3,(H3,18,19,20,21,22)/t9-,10-,13-/m0/s1. The van der Waals surface area contributed by atoms with Gasteiger partial charge in [-0.1, -0.05) is 30.7 Å². The quantitative estimate of drug-likeness (QED) is 0.910. The molecule has 22 heavy (non-hydrogen) atoms. The first-order valence-electron chi connectivity index (χ1n) is 7.45. The van der Waals surface area contributed by atoms with E-state index < -0.39 is 6.17 Å². The average Bonchev–Trinajstić information content (AvgIpc) is 2.74. The predicted octanol–water partition coefficient (Wildman–Crippen LogP) is 3.14. The molecule has 0 bridgehead atoms. The molecule has 1 aliphatic carbocycles. The molecule has 1 heterocycles. The molecule has 0 spiro atoms.